The Morgan fingerprint density at radius 2 is 2.00 bits per heavy atom. The molecule has 0 aromatic heterocycles. The molecule has 3 N–H and O–H groups in total. The highest BCUT2D eigenvalue weighted by molar-refractivity contribution is 5.66. The molecule has 5 heteroatoms. The highest BCUT2D eigenvalue weighted by atomic mass is 16.5. The monoisotopic (exact) mass is 394 g/mol. The van der Waals surface area contributed by atoms with E-state index in [0.717, 1.165) is 19.3 Å². The Labute approximate surface area is 169 Å². The zero-order chi connectivity index (χ0) is 21.2. The number of unbranched alkanes of at least 4 members (excludes halogenated alkanes) is 1. The van der Waals surface area contributed by atoms with Gasteiger partial charge in [-0.3, -0.25) is 4.79 Å². The third-order valence-corrected chi connectivity index (χ3v) is 5.20. The van der Waals surface area contributed by atoms with E-state index in [1.807, 2.05) is 33.8 Å². The van der Waals surface area contributed by atoms with Crippen molar-refractivity contribution >= 4 is 5.97 Å². The fourth-order valence-corrected chi connectivity index (χ4v) is 2.94. The van der Waals surface area contributed by atoms with Crippen LogP contribution in [0.2, 0.25) is 0 Å². The number of carbonyl (C=O) groups is 1. The summed E-state index contributed by atoms with van der Waals surface area (Å²) >= 11 is 0. The molecule has 0 aromatic rings. The van der Waals surface area contributed by atoms with E-state index < -0.39 is 17.7 Å². The summed E-state index contributed by atoms with van der Waals surface area (Å²) in [5.74, 6) is 0.00325. The predicted molar refractivity (Wildman–Crippen MR) is 112 cm³/mol. The minimum Gasteiger partial charge on any atom is -0.481 e. The maximum Gasteiger partial charge on any atom is 0.303 e. The van der Waals surface area contributed by atoms with Gasteiger partial charge in [0, 0.05) is 11.8 Å². The van der Waals surface area contributed by atoms with Crippen LogP contribution in [0.5, 0.6) is 0 Å². The molecular formula is C23H38O5. The standard InChI is InChI=1S/C23H38O5/c1-22(2,16-24)17-28-23(3,4)20(25)15-14-19-12-9-11-18(19)10-7-5-6-8-13-21(26)27/h5,7,9,12,14-15,18-20,24-25H,6,8,10-11,13,16-17H2,1-4H3,(H,26,27)/b7-5-,15-14?/t18-,19+,20?/m0/s1. The Hall–Kier alpha value is -1.43. The van der Waals surface area contributed by atoms with E-state index in [0.29, 0.717) is 18.9 Å². The SMILES string of the molecule is CC(C)(CO)COC(C)(C)C(O)C=C[C@H]1C=CC[C@@H]1C/C=C\CCCC(=O)O. The highest BCUT2D eigenvalue weighted by Gasteiger charge is 2.30. The summed E-state index contributed by atoms with van der Waals surface area (Å²) in [7, 11) is 0. The summed E-state index contributed by atoms with van der Waals surface area (Å²) in [5.41, 5.74) is -1.07. The van der Waals surface area contributed by atoms with Crippen molar-refractivity contribution < 1.29 is 24.9 Å². The molecule has 0 saturated carbocycles. The Morgan fingerprint density at radius 1 is 1.29 bits per heavy atom. The zero-order valence-corrected chi connectivity index (χ0v) is 17.8. The molecule has 5 nitrogen and oxygen atoms in total. The van der Waals surface area contributed by atoms with Crippen molar-refractivity contribution in [3.63, 3.8) is 0 Å². The molecule has 1 unspecified atom stereocenters. The average molecular weight is 395 g/mol. The van der Waals surface area contributed by atoms with Crippen molar-refractivity contribution in [3.8, 4) is 0 Å². The maximum atomic E-state index is 10.6. The van der Waals surface area contributed by atoms with E-state index in [2.05, 4.69) is 30.4 Å². The van der Waals surface area contributed by atoms with Gasteiger partial charge in [0.25, 0.3) is 0 Å². The van der Waals surface area contributed by atoms with Gasteiger partial charge in [0.1, 0.15) is 6.10 Å². The van der Waals surface area contributed by atoms with Crippen molar-refractivity contribution in [3.05, 3.63) is 36.5 Å². The first-order valence-corrected chi connectivity index (χ1v) is 10.2. The first kappa shape index (κ1) is 24.6. The van der Waals surface area contributed by atoms with Gasteiger partial charge in [0.15, 0.2) is 0 Å². The van der Waals surface area contributed by atoms with Gasteiger partial charge >= 0.3 is 5.97 Å². The lowest BCUT2D eigenvalue weighted by molar-refractivity contribution is -0.137. The molecular weight excluding hydrogens is 356 g/mol. The summed E-state index contributed by atoms with van der Waals surface area (Å²) in [6.07, 6.45) is 15.3. The first-order chi connectivity index (χ1) is 13.1. The number of hydrogen-bond acceptors (Lipinski definition) is 4. The molecule has 0 radical (unpaired) electrons. The van der Waals surface area contributed by atoms with Gasteiger partial charge in [0.05, 0.1) is 18.8 Å². The van der Waals surface area contributed by atoms with Crippen molar-refractivity contribution in [2.45, 2.75) is 71.5 Å². The minimum atomic E-state index is -0.746. The van der Waals surface area contributed by atoms with Gasteiger partial charge in [-0.05, 0) is 51.4 Å². The Morgan fingerprint density at radius 3 is 2.64 bits per heavy atom. The molecule has 28 heavy (non-hydrogen) atoms. The van der Waals surface area contributed by atoms with Gasteiger partial charge in [-0.25, -0.2) is 0 Å². The smallest absolute Gasteiger partial charge is 0.303 e. The number of carboxylic acid groups (broad SMARTS) is 1. The Kier molecular flexibility index (Phi) is 10.1. The van der Waals surface area contributed by atoms with Gasteiger partial charge < -0.3 is 20.1 Å². The number of aliphatic hydroxyl groups is 2. The average Bonchev–Trinajstić information content (AvgIpc) is 3.08. The Balaban J connectivity index is 2.48. The van der Waals surface area contributed by atoms with Crippen LogP contribution in [0.1, 0.15) is 59.8 Å². The number of carboxylic acids is 1. The minimum absolute atomic E-state index is 0.0351. The van der Waals surface area contributed by atoms with Crippen LogP contribution in [0.25, 0.3) is 0 Å². The van der Waals surface area contributed by atoms with E-state index in [-0.39, 0.29) is 24.4 Å². The largest absolute Gasteiger partial charge is 0.481 e. The normalized spacial score (nSPS) is 21.8. The van der Waals surface area contributed by atoms with E-state index in [1.165, 1.54) is 0 Å². The van der Waals surface area contributed by atoms with Gasteiger partial charge in [0.2, 0.25) is 0 Å². The summed E-state index contributed by atoms with van der Waals surface area (Å²) in [6, 6.07) is 0. The molecule has 0 aromatic carbocycles. The van der Waals surface area contributed by atoms with Crippen molar-refractivity contribution in [2.75, 3.05) is 13.2 Å². The van der Waals surface area contributed by atoms with Gasteiger partial charge in [-0.1, -0.05) is 50.3 Å². The molecule has 0 amide bonds. The second kappa shape index (κ2) is 11.5. The number of rotatable bonds is 13. The summed E-state index contributed by atoms with van der Waals surface area (Å²) < 4.78 is 5.88. The molecule has 1 aliphatic carbocycles. The topological polar surface area (TPSA) is 87.0 Å². The second-order valence-corrected chi connectivity index (χ2v) is 9.04. The number of aliphatic carboxylic acids is 1. The van der Waals surface area contributed by atoms with E-state index in [9.17, 15) is 15.0 Å². The molecule has 0 fully saturated rings. The zero-order valence-electron chi connectivity index (χ0n) is 17.8. The van der Waals surface area contributed by atoms with E-state index in [4.69, 9.17) is 9.84 Å². The van der Waals surface area contributed by atoms with Crippen LogP contribution in [-0.4, -0.2) is 46.2 Å². The molecule has 1 rings (SSSR count). The quantitative estimate of drug-likeness (QED) is 0.323. The van der Waals surface area contributed by atoms with Crippen LogP contribution in [-0.2, 0) is 9.53 Å². The van der Waals surface area contributed by atoms with Gasteiger partial charge in [-0.2, -0.15) is 0 Å². The summed E-state index contributed by atoms with van der Waals surface area (Å²) in [5, 5.41) is 28.5. The summed E-state index contributed by atoms with van der Waals surface area (Å²) in [6.45, 7) is 7.98. The molecule has 0 spiro atoms. The number of aliphatic hydroxyl groups excluding tert-OH is 2. The highest BCUT2D eigenvalue weighted by Crippen LogP contribution is 2.30. The molecule has 0 bridgehead atoms. The van der Waals surface area contributed by atoms with Crippen molar-refractivity contribution in [2.24, 2.45) is 17.3 Å². The van der Waals surface area contributed by atoms with E-state index in [1.54, 1.807) is 0 Å². The van der Waals surface area contributed by atoms with Crippen molar-refractivity contribution in [1.82, 2.24) is 0 Å². The fraction of sp³-hybridized carbons (Fsp3) is 0.696. The first-order valence-electron chi connectivity index (χ1n) is 10.2. The molecule has 0 heterocycles. The van der Waals surface area contributed by atoms with Crippen LogP contribution in [0.4, 0.5) is 0 Å². The number of allylic oxidation sites excluding steroid dienone is 5. The third kappa shape index (κ3) is 9.18. The molecule has 0 aliphatic heterocycles. The molecule has 1 aliphatic rings. The third-order valence-electron chi connectivity index (χ3n) is 5.20. The second-order valence-electron chi connectivity index (χ2n) is 9.04. The van der Waals surface area contributed by atoms with Crippen molar-refractivity contribution in [1.29, 1.82) is 0 Å². The van der Waals surface area contributed by atoms with E-state index >= 15 is 0 Å². The van der Waals surface area contributed by atoms with Crippen LogP contribution in [0.15, 0.2) is 36.5 Å². The summed E-state index contributed by atoms with van der Waals surface area (Å²) in [4.78, 5) is 10.5. The maximum absolute atomic E-state index is 10.6. The lowest BCUT2D eigenvalue weighted by Gasteiger charge is -2.33. The molecule has 0 saturated heterocycles. The fourth-order valence-electron chi connectivity index (χ4n) is 2.94. The molecule has 160 valence electrons. The lowest BCUT2D eigenvalue weighted by atomic mass is 9.90. The van der Waals surface area contributed by atoms with Gasteiger partial charge in [-0.15, -0.1) is 0 Å². The number of ether oxygens (including phenoxy) is 1. The Bertz CT molecular complexity index is 559. The predicted octanol–water partition coefficient (Wildman–Crippen LogP) is 4.11. The van der Waals surface area contributed by atoms with Crippen LogP contribution >= 0.6 is 0 Å². The number of hydrogen-bond donors (Lipinski definition) is 3. The van der Waals surface area contributed by atoms with Crippen LogP contribution in [0, 0.1) is 17.3 Å². The lowest BCUT2D eigenvalue weighted by Crippen LogP contribution is -2.41. The van der Waals surface area contributed by atoms with Crippen LogP contribution < -0.4 is 0 Å². The molecule has 3 atom stereocenters. The van der Waals surface area contributed by atoms with Crippen LogP contribution in [0.3, 0.4) is 0 Å².